The van der Waals surface area contributed by atoms with Gasteiger partial charge in [0.1, 0.15) is 11.6 Å². The van der Waals surface area contributed by atoms with Gasteiger partial charge in [0, 0.05) is 24.8 Å². The zero-order valence-corrected chi connectivity index (χ0v) is 11.5. The van der Waals surface area contributed by atoms with E-state index in [-0.39, 0.29) is 11.3 Å². The Balaban J connectivity index is 2.22. The summed E-state index contributed by atoms with van der Waals surface area (Å²) < 4.78 is 0. The number of hydrogen-bond donors (Lipinski definition) is 1. The van der Waals surface area contributed by atoms with Crippen LogP contribution in [-0.2, 0) is 0 Å². The van der Waals surface area contributed by atoms with Crippen LogP contribution in [0.4, 0.5) is 11.4 Å². The van der Waals surface area contributed by atoms with Crippen molar-refractivity contribution in [2.24, 2.45) is 5.92 Å². The monoisotopic (exact) mass is 274 g/mol. The molecule has 1 unspecified atom stereocenters. The topological polar surface area (TPSA) is 82.2 Å². The maximum Gasteiger partial charge on any atom is 0.289 e. The molecule has 0 spiro atoms. The first-order chi connectivity index (χ1) is 9.65. The highest BCUT2D eigenvalue weighted by atomic mass is 16.6. The average Bonchev–Trinajstić information content (AvgIpc) is 2.47. The maximum absolute atomic E-state index is 11.0. The second kappa shape index (κ2) is 6.35. The van der Waals surface area contributed by atoms with Crippen LogP contribution in [0.1, 0.15) is 18.4 Å². The number of nitrogens with one attached hydrogen (secondary N) is 1. The molecule has 20 heavy (non-hydrogen) atoms. The Hall–Kier alpha value is -2.13. The van der Waals surface area contributed by atoms with Gasteiger partial charge in [0.15, 0.2) is 0 Å². The molecule has 106 valence electrons. The van der Waals surface area contributed by atoms with Gasteiger partial charge in [0.2, 0.25) is 0 Å². The SMILES string of the molecule is CNCC1CCCN(c2ccc(C#N)c([N+](=O)[O-])c2)C1. The van der Waals surface area contributed by atoms with Gasteiger partial charge in [-0.25, -0.2) is 0 Å². The van der Waals surface area contributed by atoms with Gasteiger partial charge < -0.3 is 10.2 Å². The van der Waals surface area contributed by atoms with Gasteiger partial charge in [0.05, 0.1) is 4.92 Å². The van der Waals surface area contributed by atoms with Crippen molar-refractivity contribution < 1.29 is 4.92 Å². The smallest absolute Gasteiger partial charge is 0.289 e. The van der Waals surface area contributed by atoms with Crippen LogP contribution >= 0.6 is 0 Å². The van der Waals surface area contributed by atoms with Crippen LogP contribution in [0, 0.1) is 27.4 Å². The van der Waals surface area contributed by atoms with E-state index in [1.165, 1.54) is 18.6 Å². The molecule has 2 rings (SSSR count). The molecule has 6 nitrogen and oxygen atoms in total. The first kappa shape index (κ1) is 14.3. The Morgan fingerprint density at radius 1 is 1.60 bits per heavy atom. The minimum atomic E-state index is -0.489. The summed E-state index contributed by atoms with van der Waals surface area (Å²) in [7, 11) is 1.94. The first-order valence-corrected chi connectivity index (χ1v) is 6.73. The van der Waals surface area contributed by atoms with Crippen LogP contribution in [-0.4, -0.2) is 31.6 Å². The third-order valence-corrected chi connectivity index (χ3v) is 3.68. The Bertz CT molecular complexity index is 536. The number of anilines is 1. The Kier molecular flexibility index (Phi) is 4.53. The van der Waals surface area contributed by atoms with Gasteiger partial charge in [-0.15, -0.1) is 0 Å². The van der Waals surface area contributed by atoms with Crippen molar-refractivity contribution in [3.8, 4) is 6.07 Å². The van der Waals surface area contributed by atoms with Gasteiger partial charge in [0.25, 0.3) is 5.69 Å². The molecular weight excluding hydrogens is 256 g/mol. The molecule has 1 saturated heterocycles. The molecular formula is C14H18N4O2. The number of nitrogens with zero attached hydrogens (tertiary/aromatic N) is 3. The van der Waals surface area contributed by atoms with Crippen LogP contribution < -0.4 is 10.2 Å². The lowest BCUT2D eigenvalue weighted by atomic mass is 9.97. The molecule has 1 aliphatic rings. The molecule has 1 heterocycles. The van der Waals surface area contributed by atoms with Gasteiger partial charge in [-0.05, 0) is 44.5 Å². The largest absolute Gasteiger partial charge is 0.371 e. The number of nitro groups is 1. The third-order valence-electron chi connectivity index (χ3n) is 3.68. The quantitative estimate of drug-likeness (QED) is 0.670. The first-order valence-electron chi connectivity index (χ1n) is 6.73. The van der Waals surface area contributed by atoms with Crippen molar-refractivity contribution in [1.82, 2.24) is 5.32 Å². The summed E-state index contributed by atoms with van der Waals surface area (Å²) in [5.41, 5.74) is 0.833. The van der Waals surface area contributed by atoms with Crippen LogP contribution in [0.25, 0.3) is 0 Å². The van der Waals surface area contributed by atoms with Crippen LogP contribution in [0.5, 0.6) is 0 Å². The lowest BCUT2D eigenvalue weighted by molar-refractivity contribution is -0.385. The summed E-state index contributed by atoms with van der Waals surface area (Å²) in [6, 6.07) is 6.72. The molecule has 0 bridgehead atoms. The second-order valence-electron chi connectivity index (χ2n) is 5.08. The number of hydrogen-bond acceptors (Lipinski definition) is 5. The van der Waals surface area contributed by atoms with Gasteiger partial charge in [-0.2, -0.15) is 5.26 Å². The number of nitro benzene ring substituents is 1. The standard InChI is InChI=1S/C14H18N4O2/c1-16-9-11-3-2-6-17(10-11)13-5-4-12(8-15)14(7-13)18(19)20/h4-5,7,11,16H,2-3,6,9-10H2,1H3. The van der Waals surface area contributed by atoms with Crippen molar-refractivity contribution in [2.45, 2.75) is 12.8 Å². The third kappa shape index (κ3) is 3.06. The summed E-state index contributed by atoms with van der Waals surface area (Å²) >= 11 is 0. The predicted molar refractivity (Wildman–Crippen MR) is 76.7 cm³/mol. The fourth-order valence-corrected chi connectivity index (χ4v) is 2.72. The number of nitriles is 1. The maximum atomic E-state index is 11.0. The molecule has 1 aromatic rings. The molecule has 0 amide bonds. The molecule has 0 aliphatic carbocycles. The van der Waals surface area contributed by atoms with Gasteiger partial charge >= 0.3 is 0 Å². The van der Waals surface area contributed by atoms with E-state index in [4.69, 9.17) is 5.26 Å². The van der Waals surface area contributed by atoms with Crippen LogP contribution in [0.15, 0.2) is 18.2 Å². The highest BCUT2D eigenvalue weighted by Gasteiger charge is 2.22. The molecule has 0 radical (unpaired) electrons. The zero-order valence-electron chi connectivity index (χ0n) is 11.5. The molecule has 1 N–H and O–H groups in total. The second-order valence-corrected chi connectivity index (χ2v) is 5.08. The Labute approximate surface area is 118 Å². The van der Waals surface area contributed by atoms with E-state index in [9.17, 15) is 10.1 Å². The summed E-state index contributed by atoms with van der Waals surface area (Å²) in [6.45, 7) is 2.75. The number of piperidine rings is 1. The van der Waals surface area contributed by atoms with Gasteiger partial charge in [-0.1, -0.05) is 0 Å². The van der Waals surface area contributed by atoms with E-state index in [1.54, 1.807) is 6.07 Å². The van der Waals surface area contributed by atoms with Crippen LogP contribution in [0.3, 0.4) is 0 Å². The predicted octanol–water partition coefficient (Wildman–Crippen LogP) is 1.90. The minimum Gasteiger partial charge on any atom is -0.371 e. The molecule has 1 atom stereocenters. The average molecular weight is 274 g/mol. The zero-order chi connectivity index (χ0) is 14.5. The summed E-state index contributed by atoms with van der Waals surface area (Å²) in [5.74, 6) is 0.559. The molecule has 0 aromatic heterocycles. The molecule has 0 saturated carbocycles. The van der Waals surface area contributed by atoms with E-state index in [2.05, 4.69) is 10.2 Å². The highest BCUT2D eigenvalue weighted by molar-refractivity contribution is 5.60. The molecule has 6 heteroatoms. The summed E-state index contributed by atoms with van der Waals surface area (Å²) in [5, 5.41) is 23.1. The Morgan fingerprint density at radius 2 is 2.40 bits per heavy atom. The minimum absolute atomic E-state index is 0.110. The normalized spacial score (nSPS) is 18.6. The Morgan fingerprint density at radius 3 is 3.05 bits per heavy atom. The van der Waals surface area contributed by atoms with E-state index < -0.39 is 4.92 Å². The number of benzene rings is 1. The molecule has 1 aliphatic heterocycles. The summed E-state index contributed by atoms with van der Waals surface area (Å²) in [4.78, 5) is 12.7. The number of rotatable bonds is 4. The van der Waals surface area contributed by atoms with Crippen molar-refractivity contribution >= 4 is 11.4 Å². The summed E-state index contributed by atoms with van der Waals surface area (Å²) in [6.07, 6.45) is 2.26. The highest BCUT2D eigenvalue weighted by Crippen LogP contribution is 2.28. The molecule has 1 aromatic carbocycles. The lowest BCUT2D eigenvalue weighted by Crippen LogP contribution is -2.39. The van der Waals surface area contributed by atoms with Crippen molar-refractivity contribution in [1.29, 1.82) is 5.26 Å². The fraction of sp³-hybridized carbons (Fsp3) is 0.500. The van der Waals surface area contributed by atoms with E-state index in [0.717, 1.165) is 31.7 Å². The van der Waals surface area contributed by atoms with Crippen molar-refractivity contribution in [3.05, 3.63) is 33.9 Å². The molecule has 1 fully saturated rings. The van der Waals surface area contributed by atoms with E-state index >= 15 is 0 Å². The fourth-order valence-electron chi connectivity index (χ4n) is 2.72. The van der Waals surface area contributed by atoms with Gasteiger partial charge in [-0.3, -0.25) is 10.1 Å². The van der Waals surface area contributed by atoms with E-state index in [0.29, 0.717) is 5.92 Å². The van der Waals surface area contributed by atoms with Crippen molar-refractivity contribution in [2.75, 3.05) is 31.6 Å². The van der Waals surface area contributed by atoms with E-state index in [1.807, 2.05) is 13.1 Å². The lowest BCUT2D eigenvalue weighted by Gasteiger charge is -2.34. The van der Waals surface area contributed by atoms with Crippen LogP contribution in [0.2, 0.25) is 0 Å². The van der Waals surface area contributed by atoms with Crippen molar-refractivity contribution in [3.63, 3.8) is 0 Å².